The Morgan fingerprint density at radius 3 is 2.67 bits per heavy atom. The van der Waals surface area contributed by atoms with Crippen molar-refractivity contribution < 1.29 is 9.53 Å². The molecule has 0 aliphatic rings. The minimum absolute atomic E-state index is 0.0927. The zero-order chi connectivity index (χ0) is 15.7. The van der Waals surface area contributed by atoms with Gasteiger partial charge in [0.1, 0.15) is 5.75 Å². The minimum atomic E-state index is -0.548. The van der Waals surface area contributed by atoms with Crippen molar-refractivity contribution in [3.8, 4) is 5.75 Å². The molecule has 0 saturated heterocycles. The van der Waals surface area contributed by atoms with Crippen molar-refractivity contribution >= 4 is 17.5 Å². The van der Waals surface area contributed by atoms with E-state index < -0.39 is 6.10 Å². The quantitative estimate of drug-likeness (QED) is 0.732. The largest absolute Gasteiger partial charge is 0.479 e. The third-order valence-corrected chi connectivity index (χ3v) is 3.93. The zero-order valence-electron chi connectivity index (χ0n) is 13.2. The molecule has 1 amide bonds. The lowest BCUT2D eigenvalue weighted by Gasteiger charge is -2.19. The molecule has 2 atom stereocenters. The number of rotatable bonds is 9. The van der Waals surface area contributed by atoms with Gasteiger partial charge in [0.05, 0.1) is 5.02 Å². The van der Waals surface area contributed by atoms with Gasteiger partial charge < -0.3 is 10.1 Å². The van der Waals surface area contributed by atoms with Gasteiger partial charge >= 0.3 is 0 Å². The lowest BCUT2D eigenvalue weighted by atomic mass is 9.99. The molecule has 118 valence electrons. The Balaban J connectivity index is 2.42. The summed E-state index contributed by atoms with van der Waals surface area (Å²) in [5.74, 6) is 0.992. The molecule has 21 heavy (non-hydrogen) atoms. The predicted molar refractivity (Wildman–Crippen MR) is 87.9 cm³/mol. The molecule has 3 nitrogen and oxygen atoms in total. The highest BCUT2D eigenvalue weighted by Gasteiger charge is 2.17. The summed E-state index contributed by atoms with van der Waals surface area (Å²) >= 11 is 6.02. The second-order valence-electron chi connectivity index (χ2n) is 5.35. The van der Waals surface area contributed by atoms with Crippen LogP contribution >= 0.6 is 11.6 Å². The fourth-order valence-corrected chi connectivity index (χ4v) is 2.30. The number of benzene rings is 1. The van der Waals surface area contributed by atoms with Crippen LogP contribution in [0.25, 0.3) is 0 Å². The first-order valence-electron chi connectivity index (χ1n) is 7.77. The Hall–Kier alpha value is -1.22. The summed E-state index contributed by atoms with van der Waals surface area (Å²) in [5, 5.41) is 3.49. The van der Waals surface area contributed by atoms with Gasteiger partial charge in [-0.1, -0.05) is 56.8 Å². The van der Waals surface area contributed by atoms with Gasteiger partial charge in [0.15, 0.2) is 6.10 Å². The summed E-state index contributed by atoms with van der Waals surface area (Å²) in [4.78, 5) is 12.1. The van der Waals surface area contributed by atoms with E-state index in [1.807, 2.05) is 12.1 Å². The Kier molecular flexibility index (Phi) is 8.21. The van der Waals surface area contributed by atoms with Gasteiger partial charge in [-0.2, -0.15) is 0 Å². The summed E-state index contributed by atoms with van der Waals surface area (Å²) in [7, 11) is 0. The monoisotopic (exact) mass is 311 g/mol. The maximum Gasteiger partial charge on any atom is 0.260 e. The zero-order valence-corrected chi connectivity index (χ0v) is 14.0. The maximum atomic E-state index is 12.1. The number of ether oxygens (including phenoxy) is 1. The van der Waals surface area contributed by atoms with Gasteiger partial charge in [-0.3, -0.25) is 4.79 Å². The molecule has 1 aromatic carbocycles. The van der Waals surface area contributed by atoms with Gasteiger partial charge in [-0.25, -0.2) is 0 Å². The normalized spacial score (nSPS) is 13.5. The van der Waals surface area contributed by atoms with Gasteiger partial charge in [0.25, 0.3) is 5.91 Å². The topological polar surface area (TPSA) is 38.3 Å². The molecular weight excluding hydrogens is 286 g/mol. The van der Waals surface area contributed by atoms with Crippen molar-refractivity contribution in [2.75, 3.05) is 6.54 Å². The van der Waals surface area contributed by atoms with Crippen molar-refractivity contribution in [2.24, 2.45) is 5.92 Å². The summed E-state index contributed by atoms with van der Waals surface area (Å²) in [6.07, 6.45) is 4.09. The van der Waals surface area contributed by atoms with E-state index in [1.165, 1.54) is 12.8 Å². The molecular formula is C17H26ClNO2. The lowest BCUT2D eigenvalue weighted by molar-refractivity contribution is -0.127. The molecule has 0 aliphatic heterocycles. The third kappa shape index (κ3) is 6.38. The van der Waals surface area contributed by atoms with Crippen molar-refractivity contribution in [3.63, 3.8) is 0 Å². The van der Waals surface area contributed by atoms with Gasteiger partial charge in [0, 0.05) is 6.54 Å². The SMILES string of the molecule is CCCC[C@H](CC)CNC(=O)[C@H](C)Oc1ccccc1Cl. The number of hydrogen-bond acceptors (Lipinski definition) is 2. The molecule has 0 heterocycles. The highest BCUT2D eigenvalue weighted by atomic mass is 35.5. The lowest BCUT2D eigenvalue weighted by Crippen LogP contribution is -2.38. The molecule has 1 rings (SSSR count). The predicted octanol–water partition coefficient (Wildman–Crippen LogP) is 4.44. The molecule has 0 unspecified atom stereocenters. The number of nitrogens with one attached hydrogen (secondary N) is 1. The van der Waals surface area contributed by atoms with Crippen LogP contribution in [0.5, 0.6) is 5.75 Å². The molecule has 4 heteroatoms. The van der Waals surface area contributed by atoms with Crippen LogP contribution in [0.15, 0.2) is 24.3 Å². The molecule has 0 radical (unpaired) electrons. The number of para-hydroxylation sites is 1. The van der Waals surface area contributed by atoms with E-state index in [0.29, 0.717) is 23.2 Å². The Labute approximate surface area is 133 Å². The maximum absolute atomic E-state index is 12.1. The van der Waals surface area contributed by atoms with Crippen LogP contribution in [0.1, 0.15) is 46.5 Å². The van der Waals surface area contributed by atoms with Gasteiger partial charge in [0.2, 0.25) is 0 Å². The van der Waals surface area contributed by atoms with Crippen LogP contribution in [0, 0.1) is 5.92 Å². The average Bonchev–Trinajstić information content (AvgIpc) is 2.49. The third-order valence-electron chi connectivity index (χ3n) is 3.62. The van der Waals surface area contributed by atoms with E-state index >= 15 is 0 Å². The number of carbonyl (C=O) groups is 1. The van der Waals surface area contributed by atoms with Crippen molar-refractivity contribution in [2.45, 2.75) is 52.6 Å². The van der Waals surface area contributed by atoms with Crippen LogP contribution in [-0.4, -0.2) is 18.6 Å². The molecule has 0 saturated carbocycles. The molecule has 0 fully saturated rings. The Bertz CT molecular complexity index is 437. The smallest absolute Gasteiger partial charge is 0.260 e. The van der Waals surface area contributed by atoms with E-state index in [1.54, 1.807) is 19.1 Å². The average molecular weight is 312 g/mol. The number of hydrogen-bond donors (Lipinski definition) is 1. The van der Waals surface area contributed by atoms with Gasteiger partial charge in [-0.15, -0.1) is 0 Å². The fraction of sp³-hybridized carbons (Fsp3) is 0.588. The van der Waals surface area contributed by atoms with Crippen LogP contribution in [0.2, 0.25) is 5.02 Å². The van der Waals surface area contributed by atoms with Crippen molar-refractivity contribution in [1.82, 2.24) is 5.32 Å². The first-order chi connectivity index (χ1) is 10.1. The first kappa shape index (κ1) is 17.8. The van der Waals surface area contributed by atoms with Crippen LogP contribution < -0.4 is 10.1 Å². The molecule has 1 aromatic rings. The second kappa shape index (κ2) is 9.67. The minimum Gasteiger partial charge on any atom is -0.479 e. The van der Waals surface area contributed by atoms with Crippen molar-refractivity contribution in [1.29, 1.82) is 0 Å². The summed E-state index contributed by atoms with van der Waals surface area (Å²) in [5.41, 5.74) is 0. The summed E-state index contributed by atoms with van der Waals surface area (Å²) in [6.45, 7) is 6.80. The van der Waals surface area contributed by atoms with Crippen LogP contribution in [0.4, 0.5) is 0 Å². The highest BCUT2D eigenvalue weighted by molar-refractivity contribution is 6.32. The number of amides is 1. The second-order valence-corrected chi connectivity index (χ2v) is 5.76. The molecule has 1 N–H and O–H groups in total. The van der Waals surface area contributed by atoms with E-state index in [2.05, 4.69) is 19.2 Å². The Morgan fingerprint density at radius 2 is 2.05 bits per heavy atom. The molecule has 0 spiro atoms. The fourth-order valence-electron chi connectivity index (χ4n) is 2.12. The highest BCUT2D eigenvalue weighted by Crippen LogP contribution is 2.24. The van der Waals surface area contributed by atoms with Crippen LogP contribution in [-0.2, 0) is 4.79 Å². The number of halogens is 1. The summed E-state index contributed by atoms with van der Waals surface area (Å²) < 4.78 is 5.61. The van der Waals surface area contributed by atoms with Crippen molar-refractivity contribution in [3.05, 3.63) is 29.3 Å². The standard InChI is InChI=1S/C17H26ClNO2/c1-4-6-9-14(5-2)12-19-17(20)13(3)21-16-11-8-7-10-15(16)18/h7-8,10-11,13-14H,4-6,9,12H2,1-3H3,(H,19,20)/t13-,14-/m0/s1. The molecule has 0 aromatic heterocycles. The number of unbranched alkanes of at least 4 members (excludes halogenated alkanes) is 1. The summed E-state index contributed by atoms with van der Waals surface area (Å²) in [6, 6.07) is 7.19. The van der Waals surface area contributed by atoms with Gasteiger partial charge in [-0.05, 0) is 31.4 Å². The van der Waals surface area contributed by atoms with E-state index in [4.69, 9.17) is 16.3 Å². The van der Waals surface area contributed by atoms with E-state index in [9.17, 15) is 4.79 Å². The van der Waals surface area contributed by atoms with E-state index in [0.717, 1.165) is 12.8 Å². The Morgan fingerprint density at radius 1 is 1.33 bits per heavy atom. The first-order valence-corrected chi connectivity index (χ1v) is 8.15. The number of carbonyl (C=O) groups excluding carboxylic acids is 1. The van der Waals surface area contributed by atoms with Crippen LogP contribution in [0.3, 0.4) is 0 Å². The molecule has 0 aliphatic carbocycles. The molecule has 0 bridgehead atoms. The van der Waals surface area contributed by atoms with E-state index in [-0.39, 0.29) is 5.91 Å².